The lowest BCUT2D eigenvalue weighted by Gasteiger charge is -2.14. The third kappa shape index (κ3) is 5.67. The van der Waals surface area contributed by atoms with Crippen molar-refractivity contribution in [2.45, 2.75) is 28.8 Å². The molecule has 0 radical (unpaired) electrons. The number of hydroxylamine groups is 1. The molecular formula is C21H22N4O4S2. The third-order valence-corrected chi connectivity index (χ3v) is 6.82. The Hall–Kier alpha value is -2.79. The van der Waals surface area contributed by atoms with E-state index in [1.165, 1.54) is 44.1 Å². The minimum Gasteiger partial charge on any atom is -0.322 e. The van der Waals surface area contributed by atoms with Crippen LogP contribution in [-0.4, -0.2) is 42.9 Å². The molecule has 0 saturated carbocycles. The zero-order valence-corrected chi connectivity index (χ0v) is 19.1. The Labute approximate surface area is 185 Å². The van der Waals surface area contributed by atoms with E-state index in [4.69, 9.17) is 4.84 Å². The van der Waals surface area contributed by atoms with E-state index in [2.05, 4.69) is 15.3 Å². The number of anilines is 1. The number of nitrogens with one attached hydrogen (secondary N) is 1. The molecule has 1 N–H and O–H groups in total. The molecule has 0 unspecified atom stereocenters. The van der Waals surface area contributed by atoms with Gasteiger partial charge in [-0.3, -0.25) is 9.63 Å². The Kier molecular flexibility index (Phi) is 7.06. The van der Waals surface area contributed by atoms with E-state index in [0.29, 0.717) is 10.8 Å². The van der Waals surface area contributed by atoms with Crippen molar-refractivity contribution in [1.82, 2.24) is 14.4 Å². The maximum Gasteiger partial charge on any atom is 0.264 e. The molecule has 1 aromatic heterocycles. The first-order valence-corrected chi connectivity index (χ1v) is 11.5. The van der Waals surface area contributed by atoms with Crippen molar-refractivity contribution in [2.24, 2.45) is 0 Å². The van der Waals surface area contributed by atoms with Gasteiger partial charge in [0.2, 0.25) is 0 Å². The highest BCUT2D eigenvalue weighted by Crippen LogP contribution is 2.26. The van der Waals surface area contributed by atoms with E-state index < -0.39 is 15.9 Å². The van der Waals surface area contributed by atoms with Gasteiger partial charge in [-0.2, -0.15) is 0 Å². The molecule has 0 bridgehead atoms. The summed E-state index contributed by atoms with van der Waals surface area (Å²) in [6, 6.07) is 14.9. The molecule has 0 fully saturated rings. The zero-order valence-electron chi connectivity index (χ0n) is 17.5. The number of amides is 1. The monoisotopic (exact) mass is 458 g/mol. The van der Waals surface area contributed by atoms with Crippen LogP contribution in [0.2, 0.25) is 0 Å². The van der Waals surface area contributed by atoms with Crippen LogP contribution in [0.3, 0.4) is 0 Å². The van der Waals surface area contributed by atoms with Crippen LogP contribution in [0.4, 0.5) is 5.69 Å². The van der Waals surface area contributed by atoms with Crippen LogP contribution < -0.4 is 5.32 Å². The van der Waals surface area contributed by atoms with Crippen molar-refractivity contribution >= 4 is 33.4 Å². The largest absolute Gasteiger partial charge is 0.322 e. The van der Waals surface area contributed by atoms with Crippen LogP contribution >= 0.6 is 11.8 Å². The lowest BCUT2D eigenvalue weighted by atomic mass is 10.2. The number of sulfonamides is 1. The maximum atomic E-state index is 12.6. The lowest BCUT2D eigenvalue weighted by molar-refractivity contribution is -0.0258. The van der Waals surface area contributed by atoms with E-state index >= 15 is 0 Å². The van der Waals surface area contributed by atoms with E-state index in [1.54, 1.807) is 18.2 Å². The Bertz CT molecular complexity index is 1180. The van der Waals surface area contributed by atoms with Crippen molar-refractivity contribution in [3.05, 3.63) is 71.5 Å². The van der Waals surface area contributed by atoms with Gasteiger partial charge in [0.1, 0.15) is 0 Å². The predicted octanol–water partition coefficient (Wildman–Crippen LogP) is 3.68. The second-order valence-corrected chi connectivity index (χ2v) is 9.62. The Morgan fingerprint density at radius 2 is 1.68 bits per heavy atom. The topological polar surface area (TPSA) is 101 Å². The van der Waals surface area contributed by atoms with Gasteiger partial charge in [0.05, 0.1) is 12.0 Å². The summed E-state index contributed by atoms with van der Waals surface area (Å²) >= 11 is 1.43. The Balaban J connectivity index is 1.72. The standard InChI is InChI=1S/C21H22N4O4S2/c1-14-12-15(2)23-21(22-14)30-18-10-8-17(9-11-18)24-20(26)16-6-5-7-19(13-16)31(27,28)25(3)29-4/h5-13H,1-4H3,(H,24,26). The number of hydrogen-bond acceptors (Lipinski definition) is 7. The van der Waals surface area contributed by atoms with Crippen LogP contribution in [0.5, 0.6) is 0 Å². The van der Waals surface area contributed by atoms with Crippen LogP contribution in [0, 0.1) is 13.8 Å². The first-order chi connectivity index (χ1) is 14.7. The molecule has 8 nitrogen and oxygen atoms in total. The fraction of sp³-hybridized carbons (Fsp3) is 0.190. The van der Waals surface area contributed by atoms with Crippen molar-refractivity contribution in [3.8, 4) is 0 Å². The number of rotatable bonds is 7. The average Bonchev–Trinajstić information content (AvgIpc) is 2.73. The average molecular weight is 459 g/mol. The molecule has 3 rings (SSSR count). The van der Waals surface area contributed by atoms with Gasteiger partial charge >= 0.3 is 0 Å². The number of hydrogen-bond donors (Lipinski definition) is 1. The minimum absolute atomic E-state index is 0.0373. The number of aromatic nitrogens is 2. The number of benzene rings is 2. The van der Waals surface area contributed by atoms with Gasteiger partial charge in [-0.15, -0.1) is 0 Å². The van der Waals surface area contributed by atoms with Crippen molar-refractivity contribution in [3.63, 3.8) is 0 Å². The molecule has 1 heterocycles. The van der Waals surface area contributed by atoms with E-state index in [9.17, 15) is 13.2 Å². The molecule has 0 aliphatic heterocycles. The molecule has 2 aromatic carbocycles. The highest BCUT2D eigenvalue weighted by Gasteiger charge is 2.22. The number of carbonyl (C=O) groups is 1. The van der Waals surface area contributed by atoms with Crippen molar-refractivity contribution < 1.29 is 18.0 Å². The SMILES string of the molecule is CON(C)S(=O)(=O)c1cccc(C(=O)Nc2ccc(Sc3nc(C)cc(C)n3)cc2)c1. The third-order valence-electron chi connectivity index (χ3n) is 4.27. The molecule has 10 heteroatoms. The first kappa shape index (κ1) is 22.9. The van der Waals surface area contributed by atoms with Crippen molar-refractivity contribution in [1.29, 1.82) is 0 Å². The minimum atomic E-state index is -3.84. The van der Waals surface area contributed by atoms with Gasteiger partial charge in [0, 0.05) is 34.6 Å². The van der Waals surface area contributed by atoms with Gasteiger partial charge in [-0.05, 0) is 74.1 Å². The summed E-state index contributed by atoms with van der Waals surface area (Å²) in [5.74, 6) is -0.421. The van der Waals surface area contributed by atoms with Gasteiger partial charge < -0.3 is 5.32 Å². The van der Waals surface area contributed by atoms with Crippen molar-refractivity contribution in [2.75, 3.05) is 19.5 Å². The van der Waals surface area contributed by atoms with Crippen LogP contribution in [-0.2, 0) is 14.9 Å². The fourth-order valence-electron chi connectivity index (χ4n) is 2.70. The second kappa shape index (κ2) is 9.56. The molecule has 0 spiro atoms. The van der Waals surface area contributed by atoms with Gasteiger partial charge in [-0.1, -0.05) is 10.5 Å². The first-order valence-electron chi connectivity index (χ1n) is 9.23. The summed E-state index contributed by atoms with van der Waals surface area (Å²) in [6.07, 6.45) is 0. The molecule has 31 heavy (non-hydrogen) atoms. The summed E-state index contributed by atoms with van der Waals surface area (Å²) in [5, 5.41) is 3.43. The molecule has 0 atom stereocenters. The molecule has 3 aromatic rings. The number of carbonyl (C=O) groups excluding carboxylic acids is 1. The molecule has 162 valence electrons. The van der Waals surface area contributed by atoms with Crippen LogP contribution in [0.1, 0.15) is 21.7 Å². The summed E-state index contributed by atoms with van der Waals surface area (Å²) in [5.41, 5.74) is 2.60. The van der Waals surface area contributed by atoms with Gasteiger partial charge in [0.15, 0.2) is 5.16 Å². The van der Waals surface area contributed by atoms with Crippen LogP contribution in [0.15, 0.2) is 69.5 Å². The van der Waals surface area contributed by atoms with E-state index in [-0.39, 0.29) is 10.5 Å². The van der Waals surface area contributed by atoms with Gasteiger partial charge in [0.25, 0.3) is 15.9 Å². The van der Waals surface area contributed by atoms with Crippen LogP contribution in [0.25, 0.3) is 0 Å². The molecule has 0 aliphatic carbocycles. The predicted molar refractivity (Wildman–Crippen MR) is 118 cm³/mol. The Morgan fingerprint density at radius 1 is 1.03 bits per heavy atom. The highest BCUT2D eigenvalue weighted by atomic mass is 32.2. The molecule has 0 saturated heterocycles. The zero-order chi connectivity index (χ0) is 22.6. The molecular weight excluding hydrogens is 436 g/mol. The normalized spacial score (nSPS) is 11.5. The van der Waals surface area contributed by atoms with E-state index in [1.807, 2.05) is 32.0 Å². The summed E-state index contributed by atoms with van der Waals surface area (Å²) < 4.78 is 25.5. The van der Waals surface area contributed by atoms with E-state index in [0.717, 1.165) is 20.8 Å². The maximum absolute atomic E-state index is 12.6. The smallest absolute Gasteiger partial charge is 0.264 e. The summed E-state index contributed by atoms with van der Waals surface area (Å²) in [4.78, 5) is 27.1. The fourth-order valence-corrected chi connectivity index (χ4v) is 4.58. The quantitative estimate of drug-likeness (QED) is 0.426. The highest BCUT2D eigenvalue weighted by molar-refractivity contribution is 7.99. The number of aryl methyl sites for hydroxylation is 2. The molecule has 0 aliphatic rings. The number of nitrogens with zero attached hydrogens (tertiary/aromatic N) is 3. The molecule has 1 amide bonds. The summed E-state index contributed by atoms with van der Waals surface area (Å²) in [6.45, 7) is 3.84. The summed E-state index contributed by atoms with van der Waals surface area (Å²) in [7, 11) is -1.31. The second-order valence-electron chi connectivity index (χ2n) is 6.64. The Morgan fingerprint density at radius 3 is 2.29 bits per heavy atom. The van der Waals surface area contributed by atoms with Gasteiger partial charge in [-0.25, -0.2) is 18.4 Å². The lowest BCUT2D eigenvalue weighted by Crippen LogP contribution is -2.26.